The first-order valence-corrected chi connectivity index (χ1v) is 11.2. The molecule has 1 aromatic rings. The van der Waals surface area contributed by atoms with Crippen molar-refractivity contribution in [1.29, 1.82) is 0 Å². The van der Waals surface area contributed by atoms with E-state index in [1.54, 1.807) is 44.2 Å². The second-order valence-corrected chi connectivity index (χ2v) is 8.32. The summed E-state index contributed by atoms with van der Waals surface area (Å²) in [5.41, 5.74) is 6.66. The number of carboxylic acids is 3. The van der Waals surface area contributed by atoms with Gasteiger partial charge < -0.3 is 37.0 Å². The highest BCUT2D eigenvalue weighted by atomic mass is 16.4. The maximum atomic E-state index is 12.9. The van der Waals surface area contributed by atoms with Crippen LogP contribution in [0.4, 0.5) is 0 Å². The average molecular weight is 509 g/mol. The quantitative estimate of drug-likeness (QED) is 0.154. The Balaban J connectivity index is 3.00. The fraction of sp³-hybridized carbons (Fsp3) is 0.478. The summed E-state index contributed by atoms with van der Waals surface area (Å²) < 4.78 is 0. The Bertz CT molecular complexity index is 954. The molecule has 0 heterocycles. The number of carbonyl (C=O) groups is 6. The molecule has 36 heavy (non-hydrogen) atoms. The molecule has 0 radical (unpaired) electrons. The molecule has 0 saturated carbocycles. The minimum Gasteiger partial charge on any atom is -0.481 e. The molecule has 13 heteroatoms. The summed E-state index contributed by atoms with van der Waals surface area (Å²) in [6.07, 6.45) is -1.21. The average Bonchev–Trinajstić information content (AvgIpc) is 2.80. The Morgan fingerprint density at radius 2 is 1.33 bits per heavy atom. The van der Waals surface area contributed by atoms with E-state index in [0.29, 0.717) is 6.42 Å². The van der Waals surface area contributed by atoms with Crippen molar-refractivity contribution < 1.29 is 44.1 Å². The third-order valence-corrected chi connectivity index (χ3v) is 5.43. The van der Waals surface area contributed by atoms with Gasteiger partial charge in [-0.2, -0.15) is 0 Å². The van der Waals surface area contributed by atoms with Crippen LogP contribution >= 0.6 is 0 Å². The lowest BCUT2D eigenvalue weighted by Crippen LogP contribution is -2.59. The molecule has 1 rings (SSSR count). The molecule has 0 bridgehead atoms. The van der Waals surface area contributed by atoms with Gasteiger partial charge in [-0.3, -0.25) is 24.0 Å². The molecule has 1 aromatic carbocycles. The van der Waals surface area contributed by atoms with Gasteiger partial charge in [0.2, 0.25) is 17.7 Å². The van der Waals surface area contributed by atoms with Crippen LogP contribution in [0, 0.1) is 5.92 Å². The van der Waals surface area contributed by atoms with Gasteiger partial charge >= 0.3 is 17.9 Å². The molecule has 8 N–H and O–H groups in total. The number of benzene rings is 1. The summed E-state index contributed by atoms with van der Waals surface area (Å²) in [7, 11) is 0. The van der Waals surface area contributed by atoms with Crippen molar-refractivity contribution in [3.05, 3.63) is 35.9 Å². The minimum absolute atomic E-state index is 0.131. The first-order valence-electron chi connectivity index (χ1n) is 11.2. The van der Waals surface area contributed by atoms with Gasteiger partial charge in [-0.25, -0.2) is 4.79 Å². The van der Waals surface area contributed by atoms with E-state index in [9.17, 15) is 39.0 Å². The fourth-order valence-electron chi connectivity index (χ4n) is 3.22. The third-order valence-electron chi connectivity index (χ3n) is 5.43. The molecule has 13 nitrogen and oxygen atoms in total. The van der Waals surface area contributed by atoms with Crippen molar-refractivity contribution in [1.82, 2.24) is 16.0 Å². The number of hydrogen-bond donors (Lipinski definition) is 7. The number of nitrogens with two attached hydrogens (primary N) is 1. The Hall–Kier alpha value is -4.00. The van der Waals surface area contributed by atoms with Crippen LogP contribution in [0.15, 0.2) is 30.3 Å². The van der Waals surface area contributed by atoms with Gasteiger partial charge in [-0.1, -0.05) is 50.6 Å². The topological polar surface area (TPSA) is 225 Å². The second-order valence-electron chi connectivity index (χ2n) is 8.32. The van der Waals surface area contributed by atoms with Crippen LogP contribution in [0.25, 0.3) is 0 Å². The molecule has 0 saturated heterocycles. The standard InChI is InChI=1S/C23H32N4O9/c1-3-12(2)19(22(34)26-16(23(35)36)11-18(30)31)27-21(33)15(10-17(28)29)25-20(32)14(24)9-13-7-5-4-6-8-13/h4-8,12,14-16,19H,3,9-11,24H2,1-2H3,(H,25,32)(H,26,34)(H,27,33)(H,28,29)(H,30,31)(H,35,36). The normalized spacial score (nSPS) is 14.9. The van der Waals surface area contributed by atoms with Crippen LogP contribution in [0.1, 0.15) is 38.7 Å². The highest BCUT2D eigenvalue weighted by Gasteiger charge is 2.34. The molecule has 3 amide bonds. The summed E-state index contributed by atoms with van der Waals surface area (Å²) in [5.74, 6) is -7.72. The van der Waals surface area contributed by atoms with Gasteiger partial charge in [0.1, 0.15) is 18.1 Å². The lowest BCUT2D eigenvalue weighted by molar-refractivity contribution is -0.147. The second kappa shape index (κ2) is 14.4. The van der Waals surface area contributed by atoms with E-state index < -0.39 is 78.6 Å². The van der Waals surface area contributed by atoms with Gasteiger partial charge in [-0.05, 0) is 17.9 Å². The number of carbonyl (C=O) groups excluding carboxylic acids is 3. The molecule has 5 unspecified atom stereocenters. The Morgan fingerprint density at radius 3 is 1.83 bits per heavy atom. The van der Waals surface area contributed by atoms with E-state index in [2.05, 4.69) is 16.0 Å². The predicted octanol–water partition coefficient (Wildman–Crippen LogP) is -0.909. The van der Waals surface area contributed by atoms with Crippen molar-refractivity contribution in [3.63, 3.8) is 0 Å². The molecule has 0 aliphatic rings. The number of aliphatic carboxylic acids is 3. The lowest BCUT2D eigenvalue weighted by atomic mass is 9.97. The molecule has 0 aliphatic heterocycles. The number of amides is 3. The van der Waals surface area contributed by atoms with Gasteiger partial charge in [0, 0.05) is 0 Å². The fourth-order valence-corrected chi connectivity index (χ4v) is 3.22. The van der Waals surface area contributed by atoms with E-state index >= 15 is 0 Å². The van der Waals surface area contributed by atoms with Crippen molar-refractivity contribution in [2.45, 2.75) is 63.7 Å². The van der Waals surface area contributed by atoms with Gasteiger partial charge in [0.05, 0.1) is 18.9 Å². The van der Waals surface area contributed by atoms with Crippen LogP contribution < -0.4 is 21.7 Å². The van der Waals surface area contributed by atoms with Crippen LogP contribution in [0.2, 0.25) is 0 Å². The summed E-state index contributed by atoms with van der Waals surface area (Å²) in [4.78, 5) is 71.8. The maximum Gasteiger partial charge on any atom is 0.326 e. The first-order chi connectivity index (χ1) is 16.8. The molecule has 5 atom stereocenters. The summed E-state index contributed by atoms with van der Waals surface area (Å²) >= 11 is 0. The van der Waals surface area contributed by atoms with E-state index in [-0.39, 0.29) is 6.42 Å². The van der Waals surface area contributed by atoms with Crippen LogP contribution in [-0.2, 0) is 35.2 Å². The smallest absolute Gasteiger partial charge is 0.326 e. The molecule has 0 spiro atoms. The summed E-state index contributed by atoms with van der Waals surface area (Å²) in [6, 6.07) is 3.05. The molecular formula is C23H32N4O9. The van der Waals surface area contributed by atoms with Gasteiger partial charge in [-0.15, -0.1) is 0 Å². The minimum atomic E-state index is -1.75. The number of hydrogen-bond acceptors (Lipinski definition) is 7. The highest BCUT2D eigenvalue weighted by Crippen LogP contribution is 2.10. The molecule has 198 valence electrons. The van der Waals surface area contributed by atoms with E-state index in [1.165, 1.54) is 0 Å². The van der Waals surface area contributed by atoms with Crippen LogP contribution in [-0.4, -0.2) is 75.1 Å². The number of nitrogens with one attached hydrogen (secondary N) is 3. The monoisotopic (exact) mass is 508 g/mol. The zero-order valence-electron chi connectivity index (χ0n) is 20.0. The maximum absolute atomic E-state index is 12.9. The highest BCUT2D eigenvalue weighted by molar-refractivity contribution is 5.96. The summed E-state index contributed by atoms with van der Waals surface area (Å²) in [5, 5.41) is 34.0. The molecular weight excluding hydrogens is 476 g/mol. The predicted molar refractivity (Wildman–Crippen MR) is 126 cm³/mol. The Kier molecular flexibility index (Phi) is 12.0. The van der Waals surface area contributed by atoms with Gasteiger partial charge in [0.25, 0.3) is 0 Å². The zero-order chi connectivity index (χ0) is 27.4. The largest absolute Gasteiger partial charge is 0.481 e. The van der Waals surface area contributed by atoms with E-state index in [0.717, 1.165) is 5.56 Å². The van der Waals surface area contributed by atoms with Crippen LogP contribution in [0.5, 0.6) is 0 Å². The van der Waals surface area contributed by atoms with Crippen molar-refractivity contribution >= 4 is 35.6 Å². The van der Waals surface area contributed by atoms with Crippen molar-refractivity contribution in [3.8, 4) is 0 Å². The Labute approximate surface area is 207 Å². The molecule has 0 aliphatic carbocycles. The van der Waals surface area contributed by atoms with Crippen LogP contribution in [0.3, 0.4) is 0 Å². The first kappa shape index (κ1) is 30.0. The number of carboxylic acid groups (broad SMARTS) is 3. The van der Waals surface area contributed by atoms with E-state index in [4.69, 9.17) is 10.8 Å². The van der Waals surface area contributed by atoms with Gasteiger partial charge in [0.15, 0.2) is 0 Å². The molecule has 0 fully saturated rings. The van der Waals surface area contributed by atoms with Crippen molar-refractivity contribution in [2.75, 3.05) is 0 Å². The lowest BCUT2D eigenvalue weighted by Gasteiger charge is -2.27. The summed E-state index contributed by atoms with van der Waals surface area (Å²) in [6.45, 7) is 3.28. The third kappa shape index (κ3) is 10.1. The van der Waals surface area contributed by atoms with E-state index in [1.807, 2.05) is 0 Å². The van der Waals surface area contributed by atoms with Crippen molar-refractivity contribution in [2.24, 2.45) is 11.7 Å². The number of rotatable bonds is 15. The Morgan fingerprint density at radius 1 is 0.806 bits per heavy atom. The molecule has 0 aromatic heterocycles. The SMILES string of the molecule is CCC(C)C(NC(=O)C(CC(=O)O)NC(=O)C(N)Cc1ccccc1)C(=O)NC(CC(=O)O)C(=O)O. The zero-order valence-corrected chi connectivity index (χ0v) is 20.0.